The average Bonchev–Trinajstić information content (AvgIpc) is 3.41. The fourth-order valence-corrected chi connectivity index (χ4v) is 4.19. The number of carboxylic acid groups (broad SMARTS) is 1. The molecule has 3 fully saturated rings. The number of piperazine rings is 1. The molecule has 4 rings (SSSR count). The van der Waals surface area contributed by atoms with Gasteiger partial charge in [0.2, 0.25) is 5.91 Å². The third-order valence-corrected chi connectivity index (χ3v) is 6.01. The van der Waals surface area contributed by atoms with Crippen molar-refractivity contribution < 1.29 is 14.7 Å². The molecule has 2 heterocycles. The van der Waals surface area contributed by atoms with Crippen LogP contribution in [0, 0.1) is 11.3 Å². The number of hydrogen-bond donors (Lipinski definition) is 2. The first-order valence-electron chi connectivity index (χ1n) is 9.13. The molecular weight excluding hydrogens is 318 g/mol. The van der Waals surface area contributed by atoms with Crippen LogP contribution in [0.2, 0.25) is 0 Å². The number of anilines is 1. The highest BCUT2D eigenvalue weighted by molar-refractivity contribution is 5.88. The van der Waals surface area contributed by atoms with Gasteiger partial charge in [-0.25, -0.2) is 0 Å². The van der Waals surface area contributed by atoms with Crippen molar-refractivity contribution in [1.82, 2.24) is 10.2 Å². The number of amides is 1. The van der Waals surface area contributed by atoms with Crippen molar-refractivity contribution in [2.75, 3.05) is 37.6 Å². The fourth-order valence-electron chi connectivity index (χ4n) is 4.19. The number of carbonyl (C=O) groups is 2. The van der Waals surface area contributed by atoms with Crippen molar-refractivity contribution in [2.24, 2.45) is 11.3 Å². The average molecular weight is 343 g/mol. The number of nitrogens with zero attached hydrogens (tertiary/aromatic N) is 2. The number of piperidine rings is 1. The molecule has 1 aromatic carbocycles. The zero-order chi connectivity index (χ0) is 17.4. The number of carbonyl (C=O) groups excluding carboxylic acids is 1. The molecule has 25 heavy (non-hydrogen) atoms. The van der Waals surface area contributed by atoms with Crippen molar-refractivity contribution in [1.29, 1.82) is 0 Å². The minimum Gasteiger partial charge on any atom is -0.481 e. The summed E-state index contributed by atoms with van der Waals surface area (Å²) in [6.45, 7) is 3.62. The van der Waals surface area contributed by atoms with Crippen LogP contribution in [-0.4, -0.2) is 60.6 Å². The standard InChI is InChI=1S/C19H25N3O3/c23-17(16-15(18(24)25)12-19(6-7-19)13-20-16)22-10-8-21(9-11-22)14-4-2-1-3-5-14/h1-5,15-16,20H,6-13H2,(H,24,25)/t15-,16-/m0/s1. The molecule has 3 aliphatic rings. The van der Waals surface area contributed by atoms with Crippen molar-refractivity contribution in [2.45, 2.75) is 25.3 Å². The quantitative estimate of drug-likeness (QED) is 0.862. The van der Waals surface area contributed by atoms with Gasteiger partial charge in [-0.2, -0.15) is 0 Å². The monoisotopic (exact) mass is 343 g/mol. The van der Waals surface area contributed by atoms with Crippen molar-refractivity contribution in [3.8, 4) is 0 Å². The smallest absolute Gasteiger partial charge is 0.308 e. The Labute approximate surface area is 147 Å². The molecular formula is C19H25N3O3. The van der Waals surface area contributed by atoms with E-state index in [0.717, 1.165) is 32.5 Å². The van der Waals surface area contributed by atoms with Crippen molar-refractivity contribution in [3.05, 3.63) is 30.3 Å². The first kappa shape index (κ1) is 16.4. The summed E-state index contributed by atoms with van der Waals surface area (Å²) in [6, 6.07) is 9.61. The van der Waals surface area contributed by atoms with Gasteiger partial charge in [0.15, 0.2) is 0 Å². The van der Waals surface area contributed by atoms with Crippen LogP contribution in [0.15, 0.2) is 30.3 Å². The highest BCUT2D eigenvalue weighted by Gasteiger charge is 2.52. The number of carboxylic acids is 1. The summed E-state index contributed by atoms with van der Waals surface area (Å²) in [6.07, 6.45) is 2.80. The Hall–Kier alpha value is -2.08. The number of benzene rings is 1. The van der Waals surface area contributed by atoms with Gasteiger partial charge in [-0.05, 0) is 36.8 Å². The molecule has 1 aliphatic carbocycles. The van der Waals surface area contributed by atoms with Crippen LogP contribution in [0.4, 0.5) is 5.69 Å². The maximum absolute atomic E-state index is 12.9. The largest absolute Gasteiger partial charge is 0.481 e. The van der Waals surface area contributed by atoms with E-state index in [4.69, 9.17) is 0 Å². The van der Waals surface area contributed by atoms with Crippen LogP contribution in [0.5, 0.6) is 0 Å². The van der Waals surface area contributed by atoms with E-state index in [2.05, 4.69) is 22.3 Å². The van der Waals surface area contributed by atoms with Crippen LogP contribution >= 0.6 is 0 Å². The maximum atomic E-state index is 12.9. The molecule has 1 amide bonds. The van der Waals surface area contributed by atoms with E-state index in [1.54, 1.807) is 0 Å². The molecule has 1 spiro atoms. The number of rotatable bonds is 3. The molecule has 0 aromatic heterocycles. The van der Waals surface area contributed by atoms with Crippen LogP contribution in [0.25, 0.3) is 0 Å². The predicted octanol–water partition coefficient (Wildman–Crippen LogP) is 1.18. The topological polar surface area (TPSA) is 72.9 Å². The molecule has 0 radical (unpaired) electrons. The third-order valence-electron chi connectivity index (χ3n) is 6.01. The summed E-state index contributed by atoms with van der Waals surface area (Å²) in [4.78, 5) is 28.7. The first-order chi connectivity index (χ1) is 12.1. The van der Waals surface area contributed by atoms with Crippen LogP contribution in [-0.2, 0) is 9.59 Å². The lowest BCUT2D eigenvalue weighted by Crippen LogP contribution is -2.60. The van der Waals surface area contributed by atoms with Crippen LogP contribution < -0.4 is 10.2 Å². The third kappa shape index (κ3) is 3.23. The van der Waals surface area contributed by atoms with E-state index >= 15 is 0 Å². The zero-order valence-electron chi connectivity index (χ0n) is 14.4. The molecule has 2 N–H and O–H groups in total. The molecule has 0 unspecified atom stereocenters. The summed E-state index contributed by atoms with van der Waals surface area (Å²) in [5.41, 5.74) is 1.32. The fraction of sp³-hybridized carbons (Fsp3) is 0.579. The molecule has 2 saturated heterocycles. The van der Waals surface area contributed by atoms with Gasteiger partial charge in [0, 0.05) is 38.4 Å². The van der Waals surface area contributed by atoms with Crippen molar-refractivity contribution >= 4 is 17.6 Å². The summed E-state index contributed by atoms with van der Waals surface area (Å²) < 4.78 is 0. The van der Waals surface area contributed by atoms with E-state index < -0.39 is 17.9 Å². The minimum absolute atomic E-state index is 0.0457. The second-order valence-corrected chi connectivity index (χ2v) is 7.66. The highest BCUT2D eigenvalue weighted by Crippen LogP contribution is 2.52. The van der Waals surface area contributed by atoms with Gasteiger partial charge < -0.3 is 20.2 Å². The lowest BCUT2D eigenvalue weighted by molar-refractivity contribution is -0.150. The van der Waals surface area contributed by atoms with Gasteiger partial charge in [-0.1, -0.05) is 18.2 Å². The van der Waals surface area contributed by atoms with E-state index in [-0.39, 0.29) is 11.3 Å². The molecule has 0 bridgehead atoms. The first-order valence-corrected chi connectivity index (χ1v) is 9.13. The lowest BCUT2D eigenvalue weighted by atomic mass is 9.82. The van der Waals surface area contributed by atoms with Crippen molar-refractivity contribution in [3.63, 3.8) is 0 Å². The summed E-state index contributed by atoms with van der Waals surface area (Å²) in [5, 5.41) is 12.8. The van der Waals surface area contributed by atoms with Crippen LogP contribution in [0.3, 0.4) is 0 Å². The minimum atomic E-state index is -0.847. The molecule has 134 valence electrons. The van der Waals surface area contributed by atoms with Gasteiger partial charge >= 0.3 is 5.97 Å². The van der Waals surface area contributed by atoms with Gasteiger partial charge in [0.1, 0.15) is 6.04 Å². The Morgan fingerprint density at radius 1 is 1.08 bits per heavy atom. The summed E-state index contributed by atoms with van der Waals surface area (Å²) >= 11 is 0. The molecule has 2 aliphatic heterocycles. The van der Waals surface area contributed by atoms with E-state index in [9.17, 15) is 14.7 Å². The normalized spacial score (nSPS) is 28.0. The summed E-state index contributed by atoms with van der Waals surface area (Å²) in [5.74, 6) is -1.49. The SMILES string of the molecule is O=C(O)[C@H]1CC2(CC2)CN[C@@H]1C(=O)N1CCN(c2ccccc2)CC1. The van der Waals surface area contributed by atoms with Gasteiger partial charge in [-0.15, -0.1) is 0 Å². The Balaban J connectivity index is 1.39. The zero-order valence-corrected chi connectivity index (χ0v) is 14.4. The van der Waals surface area contributed by atoms with E-state index in [1.807, 2.05) is 23.1 Å². The molecule has 6 heteroatoms. The Morgan fingerprint density at radius 2 is 1.76 bits per heavy atom. The van der Waals surface area contributed by atoms with Gasteiger partial charge in [0.05, 0.1) is 5.92 Å². The van der Waals surface area contributed by atoms with Gasteiger partial charge in [-0.3, -0.25) is 9.59 Å². The molecule has 1 saturated carbocycles. The molecule has 6 nitrogen and oxygen atoms in total. The second kappa shape index (κ2) is 6.33. The maximum Gasteiger partial charge on any atom is 0.308 e. The Morgan fingerprint density at radius 3 is 2.36 bits per heavy atom. The van der Waals surface area contributed by atoms with E-state index in [1.165, 1.54) is 5.69 Å². The molecule has 2 atom stereocenters. The highest BCUT2D eigenvalue weighted by atomic mass is 16.4. The summed E-state index contributed by atoms with van der Waals surface area (Å²) in [7, 11) is 0. The van der Waals surface area contributed by atoms with Crippen LogP contribution in [0.1, 0.15) is 19.3 Å². The predicted molar refractivity (Wildman–Crippen MR) is 94.4 cm³/mol. The second-order valence-electron chi connectivity index (χ2n) is 7.66. The van der Waals surface area contributed by atoms with Gasteiger partial charge in [0.25, 0.3) is 0 Å². The number of hydrogen-bond acceptors (Lipinski definition) is 4. The Bertz CT molecular complexity index is 651. The number of aliphatic carboxylic acids is 1. The lowest BCUT2D eigenvalue weighted by Gasteiger charge is -2.41. The molecule has 1 aromatic rings. The van der Waals surface area contributed by atoms with E-state index in [0.29, 0.717) is 19.5 Å². The Kier molecular flexibility index (Phi) is 4.15. The number of para-hydroxylation sites is 1. The number of nitrogens with one attached hydrogen (secondary N) is 1.